The van der Waals surface area contributed by atoms with Gasteiger partial charge < -0.3 is 20.1 Å². The number of amides is 1. The molecule has 4 rings (SSSR count). The topological polar surface area (TPSA) is 59.6 Å². The van der Waals surface area contributed by atoms with Gasteiger partial charge in [0.15, 0.2) is 11.6 Å². The molecule has 1 saturated carbocycles. The van der Waals surface area contributed by atoms with Gasteiger partial charge in [0.2, 0.25) is 0 Å². The molecular formula is C28H31FN2O3. The molecule has 0 atom stereocenters. The molecule has 5 nitrogen and oxygen atoms in total. The van der Waals surface area contributed by atoms with Crippen molar-refractivity contribution >= 4 is 5.91 Å². The fourth-order valence-electron chi connectivity index (χ4n) is 3.81. The zero-order valence-corrected chi connectivity index (χ0v) is 19.7. The van der Waals surface area contributed by atoms with E-state index in [1.54, 1.807) is 12.1 Å². The van der Waals surface area contributed by atoms with Crippen LogP contribution in [0.3, 0.4) is 0 Å². The number of benzene rings is 3. The highest BCUT2D eigenvalue weighted by molar-refractivity contribution is 5.98. The summed E-state index contributed by atoms with van der Waals surface area (Å²) < 4.78 is 25.0. The van der Waals surface area contributed by atoms with E-state index in [2.05, 4.69) is 29.7 Å². The Labute approximate surface area is 200 Å². The van der Waals surface area contributed by atoms with Crippen molar-refractivity contribution < 1.29 is 18.7 Å². The highest BCUT2D eigenvalue weighted by Crippen LogP contribution is 2.33. The minimum atomic E-state index is -0.456. The van der Waals surface area contributed by atoms with E-state index in [0.717, 1.165) is 29.8 Å². The van der Waals surface area contributed by atoms with Crippen molar-refractivity contribution in [3.05, 3.63) is 83.2 Å². The van der Waals surface area contributed by atoms with Crippen LogP contribution in [0.1, 0.15) is 41.3 Å². The molecule has 1 aliphatic carbocycles. The number of methoxy groups -OCH3 is 1. The van der Waals surface area contributed by atoms with Gasteiger partial charge in [0.25, 0.3) is 5.91 Å². The van der Waals surface area contributed by atoms with Crippen LogP contribution < -0.4 is 20.1 Å². The second-order valence-corrected chi connectivity index (χ2v) is 8.55. The number of hydrogen-bond donors (Lipinski definition) is 2. The minimum absolute atomic E-state index is 0.176. The number of hydrogen-bond acceptors (Lipinski definition) is 4. The van der Waals surface area contributed by atoms with Crippen LogP contribution in [0.4, 0.5) is 4.39 Å². The van der Waals surface area contributed by atoms with Crippen molar-refractivity contribution in [1.82, 2.24) is 10.6 Å². The Kier molecular flexibility index (Phi) is 7.80. The second kappa shape index (κ2) is 11.2. The van der Waals surface area contributed by atoms with Crippen molar-refractivity contribution in [3.63, 3.8) is 0 Å². The van der Waals surface area contributed by atoms with E-state index in [1.165, 1.54) is 26.0 Å². The van der Waals surface area contributed by atoms with Gasteiger partial charge >= 0.3 is 0 Å². The molecule has 0 aliphatic heterocycles. The second-order valence-electron chi connectivity index (χ2n) is 8.55. The van der Waals surface area contributed by atoms with E-state index in [4.69, 9.17) is 9.47 Å². The first-order valence-electron chi connectivity index (χ1n) is 11.8. The summed E-state index contributed by atoms with van der Waals surface area (Å²) in [4.78, 5) is 13.2. The summed E-state index contributed by atoms with van der Waals surface area (Å²) in [6.07, 6.45) is 2.33. The molecule has 0 radical (unpaired) electrons. The number of nitrogens with one attached hydrogen (secondary N) is 2. The van der Waals surface area contributed by atoms with Gasteiger partial charge in [0.1, 0.15) is 5.75 Å². The van der Waals surface area contributed by atoms with E-state index in [9.17, 15) is 9.18 Å². The smallest absolute Gasteiger partial charge is 0.255 e. The van der Waals surface area contributed by atoms with Gasteiger partial charge in [-0.2, -0.15) is 0 Å². The fourth-order valence-corrected chi connectivity index (χ4v) is 3.81. The number of ether oxygens (including phenoxy) is 2. The van der Waals surface area contributed by atoms with Crippen LogP contribution in [0.15, 0.2) is 60.7 Å². The van der Waals surface area contributed by atoms with Crippen molar-refractivity contribution in [2.75, 3.05) is 20.3 Å². The van der Waals surface area contributed by atoms with Crippen LogP contribution >= 0.6 is 0 Å². The molecule has 0 unspecified atom stereocenters. The summed E-state index contributed by atoms with van der Waals surface area (Å²) in [6, 6.07) is 18.6. The lowest BCUT2D eigenvalue weighted by Crippen LogP contribution is -2.24. The predicted octanol–water partition coefficient (Wildman–Crippen LogP) is 5.33. The quantitative estimate of drug-likeness (QED) is 0.404. The molecule has 2 N–H and O–H groups in total. The van der Waals surface area contributed by atoms with E-state index in [1.807, 2.05) is 30.3 Å². The molecule has 178 valence electrons. The SMILES string of the molecule is CCNCc1ccccc1-c1ccc(OCC2CC2)c(C(=O)NCc2ccc(OC)c(F)c2)c1. The Morgan fingerprint density at radius 2 is 1.82 bits per heavy atom. The first kappa shape index (κ1) is 23.8. The fraction of sp³-hybridized carbons (Fsp3) is 0.321. The summed E-state index contributed by atoms with van der Waals surface area (Å²) in [6.45, 7) is 4.51. The average molecular weight is 463 g/mol. The first-order valence-corrected chi connectivity index (χ1v) is 11.8. The van der Waals surface area contributed by atoms with Crippen LogP contribution in [-0.4, -0.2) is 26.2 Å². The lowest BCUT2D eigenvalue weighted by atomic mass is 9.97. The molecular weight excluding hydrogens is 431 g/mol. The molecule has 0 aromatic heterocycles. The average Bonchev–Trinajstić information content (AvgIpc) is 3.69. The van der Waals surface area contributed by atoms with Gasteiger partial charge in [0.05, 0.1) is 19.3 Å². The molecule has 0 spiro atoms. The normalized spacial score (nSPS) is 12.9. The third-order valence-electron chi connectivity index (χ3n) is 5.96. The Balaban J connectivity index is 1.58. The maximum atomic E-state index is 14.0. The summed E-state index contributed by atoms with van der Waals surface area (Å²) >= 11 is 0. The number of rotatable bonds is 11. The molecule has 6 heteroatoms. The van der Waals surface area contributed by atoms with Crippen LogP contribution in [0.25, 0.3) is 11.1 Å². The van der Waals surface area contributed by atoms with Crippen LogP contribution in [0.5, 0.6) is 11.5 Å². The van der Waals surface area contributed by atoms with Crippen molar-refractivity contribution in [1.29, 1.82) is 0 Å². The predicted molar refractivity (Wildman–Crippen MR) is 132 cm³/mol. The van der Waals surface area contributed by atoms with Crippen LogP contribution in [0, 0.1) is 11.7 Å². The molecule has 3 aromatic carbocycles. The zero-order chi connectivity index (χ0) is 23.9. The lowest BCUT2D eigenvalue weighted by Gasteiger charge is -2.15. The van der Waals surface area contributed by atoms with Gasteiger partial charge in [-0.1, -0.05) is 43.3 Å². The largest absolute Gasteiger partial charge is 0.494 e. The molecule has 1 aliphatic rings. The van der Waals surface area contributed by atoms with Gasteiger partial charge in [-0.3, -0.25) is 4.79 Å². The molecule has 1 amide bonds. The minimum Gasteiger partial charge on any atom is -0.494 e. The molecule has 34 heavy (non-hydrogen) atoms. The number of carbonyl (C=O) groups is 1. The van der Waals surface area contributed by atoms with E-state index < -0.39 is 5.82 Å². The summed E-state index contributed by atoms with van der Waals surface area (Å²) in [5.74, 6) is 0.599. The van der Waals surface area contributed by atoms with Crippen LogP contribution in [-0.2, 0) is 13.1 Å². The molecule has 0 bridgehead atoms. The van der Waals surface area contributed by atoms with E-state index >= 15 is 0 Å². The van der Waals surface area contributed by atoms with Gasteiger partial charge in [-0.05, 0) is 71.8 Å². The van der Waals surface area contributed by atoms with Gasteiger partial charge in [0, 0.05) is 13.1 Å². The van der Waals surface area contributed by atoms with Crippen molar-refractivity contribution in [2.45, 2.75) is 32.9 Å². The number of halogens is 1. The highest BCUT2D eigenvalue weighted by Gasteiger charge is 2.23. The molecule has 1 fully saturated rings. The van der Waals surface area contributed by atoms with Gasteiger partial charge in [-0.15, -0.1) is 0 Å². The standard InChI is InChI=1S/C28H31FN2O3/c1-3-30-17-22-6-4-5-7-23(22)21-11-13-26(34-18-19-8-9-19)24(15-21)28(32)31-16-20-10-12-27(33-2)25(29)14-20/h4-7,10-15,19,30H,3,8-9,16-18H2,1-2H3,(H,31,32). The third-order valence-corrected chi connectivity index (χ3v) is 5.96. The number of carbonyl (C=O) groups excluding carboxylic acids is 1. The summed E-state index contributed by atoms with van der Waals surface area (Å²) in [5, 5.41) is 6.28. The Bertz CT molecular complexity index is 1140. The Morgan fingerprint density at radius 1 is 1.03 bits per heavy atom. The Hall–Kier alpha value is -3.38. The van der Waals surface area contributed by atoms with Gasteiger partial charge in [-0.25, -0.2) is 4.39 Å². The maximum Gasteiger partial charge on any atom is 0.255 e. The monoisotopic (exact) mass is 462 g/mol. The summed E-state index contributed by atoms with van der Waals surface area (Å²) in [5.41, 5.74) is 4.32. The van der Waals surface area contributed by atoms with Crippen LogP contribution in [0.2, 0.25) is 0 Å². The maximum absolute atomic E-state index is 14.0. The third kappa shape index (κ3) is 5.94. The lowest BCUT2D eigenvalue weighted by molar-refractivity contribution is 0.0946. The van der Waals surface area contributed by atoms with Crippen molar-refractivity contribution in [3.8, 4) is 22.6 Å². The highest BCUT2D eigenvalue weighted by atomic mass is 19.1. The molecule has 0 saturated heterocycles. The Morgan fingerprint density at radius 3 is 2.56 bits per heavy atom. The van der Waals surface area contributed by atoms with Crippen molar-refractivity contribution in [2.24, 2.45) is 5.92 Å². The first-order chi connectivity index (χ1) is 16.6. The van der Waals surface area contributed by atoms with E-state index in [-0.39, 0.29) is 18.2 Å². The zero-order valence-electron chi connectivity index (χ0n) is 19.7. The molecule has 0 heterocycles. The van der Waals surface area contributed by atoms with E-state index in [0.29, 0.717) is 29.4 Å². The summed E-state index contributed by atoms with van der Waals surface area (Å²) in [7, 11) is 1.42. The molecule has 3 aromatic rings.